The maximum absolute atomic E-state index is 3.98. The van der Waals surface area contributed by atoms with Crippen molar-refractivity contribution in [3.8, 4) is 0 Å². The molecule has 0 unspecified atom stereocenters. The molecule has 0 saturated carbocycles. The number of rotatable bonds is 2. The third-order valence-corrected chi connectivity index (χ3v) is 1.69. The molecule has 1 heterocycles. The number of hydrogen-bond donors (Lipinski definition) is 1. The largest absolute Gasteiger partial charge is 0.198 e. The summed E-state index contributed by atoms with van der Waals surface area (Å²) in [5, 5.41) is 10.3. The number of nitrogens with one attached hydrogen (secondary N) is 1. The Balaban J connectivity index is 2.15. The van der Waals surface area contributed by atoms with Crippen molar-refractivity contribution in [1.29, 1.82) is 0 Å². The first-order valence-electron chi connectivity index (χ1n) is 3.84. The van der Waals surface area contributed by atoms with Crippen molar-refractivity contribution >= 4 is 0 Å². The number of nitrogens with zero attached hydrogens (tertiary/aromatic N) is 2. The van der Waals surface area contributed by atoms with E-state index in [0.717, 1.165) is 12.1 Å². The Morgan fingerprint density at radius 3 is 2.67 bits per heavy atom. The number of benzene rings is 1. The topological polar surface area (TPSA) is 41.6 Å². The second kappa shape index (κ2) is 3.17. The lowest BCUT2D eigenvalue weighted by Crippen LogP contribution is -1.86. The minimum Gasteiger partial charge on any atom is -0.198 e. The van der Waals surface area contributed by atoms with Gasteiger partial charge in [0.25, 0.3) is 0 Å². The molecule has 1 aromatic carbocycles. The summed E-state index contributed by atoms with van der Waals surface area (Å²) in [6, 6.07) is 10.2. The Labute approximate surface area is 70.4 Å². The van der Waals surface area contributed by atoms with Gasteiger partial charge in [-0.05, 0) is 5.56 Å². The van der Waals surface area contributed by atoms with Crippen molar-refractivity contribution in [3.05, 3.63) is 47.8 Å². The smallest absolute Gasteiger partial charge is 0.0868 e. The third-order valence-electron chi connectivity index (χ3n) is 1.69. The molecule has 2 rings (SSSR count). The summed E-state index contributed by atoms with van der Waals surface area (Å²) in [5.74, 6) is 0. The lowest BCUT2D eigenvalue weighted by atomic mass is 10.1. The van der Waals surface area contributed by atoms with Gasteiger partial charge in [-0.25, -0.2) is 0 Å². The third kappa shape index (κ3) is 1.50. The molecule has 0 radical (unpaired) electrons. The normalized spacial score (nSPS) is 10.0. The van der Waals surface area contributed by atoms with Crippen molar-refractivity contribution in [1.82, 2.24) is 15.4 Å². The van der Waals surface area contributed by atoms with Crippen molar-refractivity contribution < 1.29 is 0 Å². The fourth-order valence-electron chi connectivity index (χ4n) is 1.12. The highest BCUT2D eigenvalue weighted by molar-refractivity contribution is 5.19. The first kappa shape index (κ1) is 7.03. The van der Waals surface area contributed by atoms with E-state index in [1.807, 2.05) is 18.2 Å². The van der Waals surface area contributed by atoms with Crippen molar-refractivity contribution in [2.24, 2.45) is 0 Å². The molecule has 1 N–H and O–H groups in total. The SMILES string of the molecule is c1ccc(Cc2cn[nH]n2)cc1. The van der Waals surface area contributed by atoms with Crippen LogP contribution in [0.4, 0.5) is 0 Å². The van der Waals surface area contributed by atoms with Crippen LogP contribution in [-0.4, -0.2) is 15.4 Å². The van der Waals surface area contributed by atoms with Crippen molar-refractivity contribution in [3.63, 3.8) is 0 Å². The molecular weight excluding hydrogens is 150 g/mol. The molecule has 3 heteroatoms. The van der Waals surface area contributed by atoms with Gasteiger partial charge in [-0.15, -0.1) is 0 Å². The van der Waals surface area contributed by atoms with Gasteiger partial charge >= 0.3 is 0 Å². The first-order chi connectivity index (χ1) is 5.95. The predicted octanol–water partition coefficient (Wildman–Crippen LogP) is 1.40. The van der Waals surface area contributed by atoms with Gasteiger partial charge in [-0.1, -0.05) is 30.3 Å². The zero-order valence-electron chi connectivity index (χ0n) is 6.57. The molecule has 3 nitrogen and oxygen atoms in total. The van der Waals surface area contributed by atoms with Crippen LogP contribution in [0.1, 0.15) is 11.3 Å². The number of aromatic amines is 1. The van der Waals surface area contributed by atoms with E-state index in [-0.39, 0.29) is 0 Å². The minimum atomic E-state index is 0.845. The quantitative estimate of drug-likeness (QED) is 0.719. The number of hydrogen-bond acceptors (Lipinski definition) is 2. The Morgan fingerprint density at radius 1 is 1.17 bits per heavy atom. The second-order valence-corrected chi connectivity index (χ2v) is 2.62. The molecule has 0 aliphatic heterocycles. The maximum atomic E-state index is 3.98. The monoisotopic (exact) mass is 159 g/mol. The first-order valence-corrected chi connectivity index (χ1v) is 3.84. The molecule has 0 bridgehead atoms. The minimum absolute atomic E-state index is 0.845. The summed E-state index contributed by atoms with van der Waals surface area (Å²) < 4.78 is 0. The zero-order valence-corrected chi connectivity index (χ0v) is 6.57. The Morgan fingerprint density at radius 2 is 2.00 bits per heavy atom. The molecule has 1 aromatic heterocycles. The molecule has 0 aliphatic rings. The van der Waals surface area contributed by atoms with Gasteiger partial charge in [-0.3, -0.25) is 0 Å². The van der Waals surface area contributed by atoms with E-state index >= 15 is 0 Å². The molecule has 0 spiro atoms. The van der Waals surface area contributed by atoms with E-state index < -0.39 is 0 Å². The Kier molecular flexibility index (Phi) is 1.86. The molecule has 0 aliphatic carbocycles. The highest BCUT2D eigenvalue weighted by atomic mass is 15.3. The van der Waals surface area contributed by atoms with E-state index in [2.05, 4.69) is 27.5 Å². The summed E-state index contributed by atoms with van der Waals surface area (Å²) in [4.78, 5) is 0. The summed E-state index contributed by atoms with van der Waals surface area (Å²) in [6.07, 6.45) is 2.59. The lowest BCUT2D eigenvalue weighted by molar-refractivity contribution is 0.915. The van der Waals surface area contributed by atoms with Gasteiger partial charge in [0, 0.05) is 6.42 Å². The van der Waals surface area contributed by atoms with Gasteiger partial charge in [0.1, 0.15) is 0 Å². The Bertz CT molecular complexity index is 326. The molecule has 0 atom stereocenters. The zero-order chi connectivity index (χ0) is 8.23. The van der Waals surface area contributed by atoms with Crippen LogP contribution in [0.15, 0.2) is 36.5 Å². The molecule has 12 heavy (non-hydrogen) atoms. The van der Waals surface area contributed by atoms with Gasteiger partial charge in [0.2, 0.25) is 0 Å². The van der Waals surface area contributed by atoms with E-state index in [1.165, 1.54) is 5.56 Å². The highest BCUT2D eigenvalue weighted by Gasteiger charge is 1.96. The summed E-state index contributed by atoms with van der Waals surface area (Å²) in [6.45, 7) is 0. The summed E-state index contributed by atoms with van der Waals surface area (Å²) in [5.41, 5.74) is 2.23. The van der Waals surface area contributed by atoms with Gasteiger partial charge in [0.15, 0.2) is 0 Å². The fraction of sp³-hybridized carbons (Fsp3) is 0.111. The highest BCUT2D eigenvalue weighted by Crippen LogP contribution is 2.04. The van der Waals surface area contributed by atoms with Crippen LogP contribution < -0.4 is 0 Å². The molecule has 0 saturated heterocycles. The molecule has 0 fully saturated rings. The number of aromatic nitrogens is 3. The average molecular weight is 159 g/mol. The van der Waals surface area contributed by atoms with Crippen LogP contribution in [-0.2, 0) is 6.42 Å². The van der Waals surface area contributed by atoms with Crippen LogP contribution in [0.25, 0.3) is 0 Å². The van der Waals surface area contributed by atoms with Crippen LogP contribution in [0, 0.1) is 0 Å². The second-order valence-electron chi connectivity index (χ2n) is 2.62. The molecule has 60 valence electrons. The van der Waals surface area contributed by atoms with Gasteiger partial charge < -0.3 is 0 Å². The maximum Gasteiger partial charge on any atom is 0.0868 e. The summed E-state index contributed by atoms with van der Waals surface area (Å²) >= 11 is 0. The molecular formula is C9H9N3. The average Bonchev–Trinajstić information content (AvgIpc) is 2.59. The van der Waals surface area contributed by atoms with E-state index in [0.29, 0.717) is 0 Å². The lowest BCUT2D eigenvalue weighted by Gasteiger charge is -1.94. The van der Waals surface area contributed by atoms with Crippen LogP contribution in [0.2, 0.25) is 0 Å². The van der Waals surface area contributed by atoms with E-state index in [1.54, 1.807) is 6.20 Å². The van der Waals surface area contributed by atoms with Gasteiger partial charge in [0.05, 0.1) is 11.9 Å². The van der Waals surface area contributed by atoms with E-state index in [4.69, 9.17) is 0 Å². The molecule has 0 amide bonds. The summed E-state index contributed by atoms with van der Waals surface area (Å²) in [7, 11) is 0. The molecule has 2 aromatic rings. The van der Waals surface area contributed by atoms with Crippen molar-refractivity contribution in [2.45, 2.75) is 6.42 Å². The van der Waals surface area contributed by atoms with Crippen LogP contribution >= 0.6 is 0 Å². The van der Waals surface area contributed by atoms with Crippen LogP contribution in [0.3, 0.4) is 0 Å². The van der Waals surface area contributed by atoms with Gasteiger partial charge in [-0.2, -0.15) is 15.4 Å². The van der Waals surface area contributed by atoms with Crippen LogP contribution in [0.5, 0.6) is 0 Å². The fourth-order valence-corrected chi connectivity index (χ4v) is 1.12. The Hall–Kier alpha value is -1.64. The number of H-pyrrole nitrogens is 1. The van der Waals surface area contributed by atoms with Crippen molar-refractivity contribution in [2.75, 3.05) is 0 Å². The standard InChI is InChI=1S/C9H9N3/c1-2-4-8(5-3-1)6-9-7-10-12-11-9/h1-5,7H,6H2,(H,10,11,12). The van der Waals surface area contributed by atoms with E-state index in [9.17, 15) is 0 Å². The predicted molar refractivity (Wildman–Crippen MR) is 45.6 cm³/mol.